The van der Waals surface area contributed by atoms with Gasteiger partial charge in [-0.25, -0.2) is 9.97 Å². The van der Waals surface area contributed by atoms with Crippen molar-refractivity contribution in [3.05, 3.63) is 42.0 Å². The molecular formula is C24H27N3O4. The lowest BCUT2D eigenvalue weighted by molar-refractivity contribution is 0.0844. The molecule has 0 radical (unpaired) electrons. The highest BCUT2D eigenvalue weighted by atomic mass is 16.5. The van der Waals surface area contributed by atoms with Crippen LogP contribution in [-0.4, -0.2) is 36.9 Å². The molecule has 0 saturated heterocycles. The van der Waals surface area contributed by atoms with E-state index in [1.165, 1.54) is 0 Å². The van der Waals surface area contributed by atoms with E-state index in [-0.39, 0.29) is 11.5 Å². The zero-order valence-electron chi connectivity index (χ0n) is 18.5. The first kappa shape index (κ1) is 20.8. The SMILES string of the molecule is COc1ccc(OC)c(-c2cc(-c3cc4c(cc3OC)OC(C)(C)CC4)nc(N)n2)c1. The average Bonchev–Trinajstić information content (AvgIpc) is 2.76. The van der Waals surface area contributed by atoms with Gasteiger partial charge in [0.15, 0.2) is 0 Å². The number of rotatable bonds is 5. The number of nitrogen functional groups attached to an aromatic ring is 1. The largest absolute Gasteiger partial charge is 0.497 e. The van der Waals surface area contributed by atoms with Gasteiger partial charge in [0, 0.05) is 17.2 Å². The molecule has 3 aromatic rings. The van der Waals surface area contributed by atoms with Crippen molar-refractivity contribution in [2.24, 2.45) is 0 Å². The fourth-order valence-electron chi connectivity index (χ4n) is 3.81. The lowest BCUT2D eigenvalue weighted by atomic mass is 9.92. The van der Waals surface area contributed by atoms with Crippen molar-refractivity contribution in [2.45, 2.75) is 32.3 Å². The summed E-state index contributed by atoms with van der Waals surface area (Å²) in [6.45, 7) is 4.19. The number of nitrogens with two attached hydrogens (primary N) is 1. The molecular weight excluding hydrogens is 394 g/mol. The molecule has 0 fully saturated rings. The number of aryl methyl sites for hydroxylation is 1. The number of aromatic nitrogens is 2. The van der Waals surface area contributed by atoms with Gasteiger partial charge >= 0.3 is 0 Å². The van der Waals surface area contributed by atoms with Crippen molar-refractivity contribution in [3.8, 4) is 45.5 Å². The van der Waals surface area contributed by atoms with E-state index < -0.39 is 0 Å². The predicted molar refractivity (Wildman–Crippen MR) is 120 cm³/mol. The molecule has 0 bridgehead atoms. The summed E-state index contributed by atoms with van der Waals surface area (Å²) in [6, 6.07) is 11.4. The van der Waals surface area contributed by atoms with Crippen LogP contribution in [0.4, 0.5) is 5.95 Å². The molecule has 2 aromatic carbocycles. The molecule has 2 N–H and O–H groups in total. The number of methoxy groups -OCH3 is 3. The third kappa shape index (κ3) is 4.08. The minimum atomic E-state index is -0.199. The highest BCUT2D eigenvalue weighted by Gasteiger charge is 2.28. The molecule has 0 aliphatic carbocycles. The Labute approximate surface area is 182 Å². The number of hydrogen-bond donors (Lipinski definition) is 1. The van der Waals surface area contributed by atoms with Gasteiger partial charge in [0.2, 0.25) is 5.95 Å². The van der Waals surface area contributed by atoms with Gasteiger partial charge in [0.25, 0.3) is 0 Å². The second-order valence-corrected chi connectivity index (χ2v) is 8.08. The van der Waals surface area contributed by atoms with Crippen molar-refractivity contribution in [3.63, 3.8) is 0 Å². The second kappa shape index (κ2) is 7.98. The summed E-state index contributed by atoms with van der Waals surface area (Å²) in [6.07, 6.45) is 1.85. The molecule has 1 aromatic heterocycles. The van der Waals surface area contributed by atoms with Crippen molar-refractivity contribution >= 4 is 5.95 Å². The summed E-state index contributed by atoms with van der Waals surface area (Å²) in [5, 5.41) is 0. The third-order valence-electron chi connectivity index (χ3n) is 5.47. The van der Waals surface area contributed by atoms with Gasteiger partial charge in [-0.1, -0.05) is 0 Å². The molecule has 162 valence electrons. The monoisotopic (exact) mass is 421 g/mol. The summed E-state index contributed by atoms with van der Waals surface area (Å²) in [7, 11) is 4.87. The lowest BCUT2D eigenvalue weighted by Crippen LogP contribution is -2.32. The van der Waals surface area contributed by atoms with Crippen LogP contribution < -0.4 is 24.7 Å². The maximum absolute atomic E-state index is 6.16. The Morgan fingerprint density at radius 2 is 1.55 bits per heavy atom. The summed E-state index contributed by atoms with van der Waals surface area (Å²) in [5.41, 5.74) is 9.92. The third-order valence-corrected chi connectivity index (χ3v) is 5.47. The second-order valence-electron chi connectivity index (χ2n) is 8.08. The van der Waals surface area contributed by atoms with Crippen LogP contribution in [-0.2, 0) is 6.42 Å². The standard InChI is InChI=1S/C24H27N3O4/c1-24(2)9-8-14-10-16(22(30-5)13-21(14)31-24)18-12-19(27-23(25)26-18)17-11-15(28-3)6-7-20(17)29-4/h6-7,10-13H,8-9H2,1-5H3,(H2,25,26,27). The van der Waals surface area contributed by atoms with Crippen LogP contribution in [0.1, 0.15) is 25.8 Å². The van der Waals surface area contributed by atoms with E-state index in [2.05, 4.69) is 29.9 Å². The number of nitrogens with zero attached hydrogens (tertiary/aromatic N) is 2. The summed E-state index contributed by atoms with van der Waals surface area (Å²) in [5.74, 6) is 3.03. The zero-order chi connectivity index (χ0) is 22.2. The molecule has 7 nitrogen and oxygen atoms in total. The van der Waals surface area contributed by atoms with Crippen LogP contribution in [0.3, 0.4) is 0 Å². The molecule has 7 heteroatoms. The summed E-state index contributed by atoms with van der Waals surface area (Å²) in [4.78, 5) is 8.93. The van der Waals surface area contributed by atoms with Gasteiger partial charge in [0.1, 0.15) is 28.6 Å². The number of anilines is 1. The zero-order valence-corrected chi connectivity index (χ0v) is 18.5. The number of hydrogen-bond acceptors (Lipinski definition) is 7. The van der Waals surface area contributed by atoms with E-state index in [0.717, 1.165) is 35.3 Å². The van der Waals surface area contributed by atoms with E-state index in [0.29, 0.717) is 28.6 Å². The smallest absolute Gasteiger partial charge is 0.221 e. The first-order valence-corrected chi connectivity index (χ1v) is 10.1. The number of benzene rings is 2. The van der Waals surface area contributed by atoms with Gasteiger partial charge in [-0.3, -0.25) is 0 Å². The highest BCUT2D eigenvalue weighted by molar-refractivity contribution is 5.77. The van der Waals surface area contributed by atoms with Crippen molar-refractivity contribution in [1.29, 1.82) is 0 Å². The molecule has 0 saturated carbocycles. The average molecular weight is 421 g/mol. The Balaban J connectivity index is 1.85. The molecule has 0 amide bonds. The topological polar surface area (TPSA) is 88.7 Å². The minimum absolute atomic E-state index is 0.162. The normalized spacial score (nSPS) is 14.4. The maximum atomic E-state index is 6.16. The molecule has 1 aliphatic rings. The molecule has 4 rings (SSSR count). The van der Waals surface area contributed by atoms with Crippen LogP contribution in [0.2, 0.25) is 0 Å². The van der Waals surface area contributed by atoms with Crippen LogP contribution >= 0.6 is 0 Å². The summed E-state index contributed by atoms with van der Waals surface area (Å²) >= 11 is 0. The molecule has 0 spiro atoms. The van der Waals surface area contributed by atoms with Crippen LogP contribution in [0, 0.1) is 0 Å². The molecule has 0 unspecified atom stereocenters. The molecule has 2 heterocycles. The van der Waals surface area contributed by atoms with Crippen molar-refractivity contribution < 1.29 is 18.9 Å². The Kier molecular flexibility index (Phi) is 5.35. The Morgan fingerprint density at radius 3 is 2.19 bits per heavy atom. The van der Waals surface area contributed by atoms with E-state index in [9.17, 15) is 0 Å². The van der Waals surface area contributed by atoms with Crippen molar-refractivity contribution in [2.75, 3.05) is 27.1 Å². The molecule has 1 aliphatic heterocycles. The van der Waals surface area contributed by atoms with E-state index in [1.807, 2.05) is 30.3 Å². The van der Waals surface area contributed by atoms with Crippen LogP contribution in [0.15, 0.2) is 36.4 Å². The van der Waals surface area contributed by atoms with Crippen molar-refractivity contribution in [1.82, 2.24) is 9.97 Å². The fraction of sp³-hybridized carbons (Fsp3) is 0.333. The predicted octanol–water partition coefficient (Wildman–Crippen LogP) is 4.52. The van der Waals surface area contributed by atoms with Crippen LogP contribution in [0.5, 0.6) is 23.0 Å². The minimum Gasteiger partial charge on any atom is -0.497 e. The van der Waals surface area contributed by atoms with Gasteiger partial charge < -0.3 is 24.7 Å². The van der Waals surface area contributed by atoms with Gasteiger partial charge in [-0.2, -0.15) is 0 Å². The van der Waals surface area contributed by atoms with Gasteiger partial charge in [-0.05, 0) is 62.6 Å². The maximum Gasteiger partial charge on any atom is 0.221 e. The number of fused-ring (bicyclic) bond motifs is 1. The van der Waals surface area contributed by atoms with E-state index >= 15 is 0 Å². The Hall–Kier alpha value is -3.48. The highest BCUT2D eigenvalue weighted by Crippen LogP contribution is 2.42. The van der Waals surface area contributed by atoms with E-state index in [4.69, 9.17) is 24.7 Å². The van der Waals surface area contributed by atoms with E-state index in [1.54, 1.807) is 21.3 Å². The first-order valence-electron chi connectivity index (χ1n) is 10.1. The Bertz CT molecular complexity index is 1130. The van der Waals surface area contributed by atoms with Crippen LogP contribution in [0.25, 0.3) is 22.5 Å². The first-order chi connectivity index (χ1) is 14.8. The Morgan fingerprint density at radius 1 is 0.871 bits per heavy atom. The fourth-order valence-corrected chi connectivity index (χ4v) is 3.81. The van der Waals surface area contributed by atoms with Gasteiger partial charge in [-0.15, -0.1) is 0 Å². The molecule has 31 heavy (non-hydrogen) atoms. The number of ether oxygens (including phenoxy) is 4. The summed E-state index contributed by atoms with van der Waals surface area (Å²) < 4.78 is 22.7. The van der Waals surface area contributed by atoms with Gasteiger partial charge in [0.05, 0.1) is 32.7 Å². The quantitative estimate of drug-likeness (QED) is 0.648. The lowest BCUT2D eigenvalue weighted by Gasteiger charge is -2.33. The molecule has 0 atom stereocenters.